The first kappa shape index (κ1) is 12.3. The number of rotatable bonds is 2. The van der Waals surface area contributed by atoms with Crippen molar-refractivity contribution in [3.63, 3.8) is 0 Å². The molecule has 1 aliphatic rings. The lowest BCUT2D eigenvalue weighted by molar-refractivity contribution is 0.0974. The third kappa shape index (κ3) is 2.51. The number of thioether (sulfide) groups is 1. The number of allylic oxidation sites excluding steroid dienone is 3. The van der Waals surface area contributed by atoms with Gasteiger partial charge in [0.15, 0.2) is 0 Å². The number of carbonyl (C=O) groups is 1. The first-order valence-corrected chi connectivity index (χ1v) is 7.36. The Labute approximate surface area is 116 Å². The van der Waals surface area contributed by atoms with Crippen LogP contribution in [0.4, 0.5) is 0 Å². The molecule has 0 saturated heterocycles. The van der Waals surface area contributed by atoms with Crippen molar-refractivity contribution in [2.75, 3.05) is 5.75 Å². The monoisotopic (exact) mass is 269 g/mol. The molecule has 3 rings (SSSR count). The van der Waals surface area contributed by atoms with Crippen LogP contribution in [0.15, 0.2) is 59.7 Å². The van der Waals surface area contributed by atoms with Gasteiger partial charge in [0.1, 0.15) is 0 Å². The average molecular weight is 269 g/mol. The average Bonchev–Trinajstić information content (AvgIpc) is 3.02. The van der Waals surface area contributed by atoms with E-state index in [0.717, 1.165) is 16.7 Å². The van der Waals surface area contributed by atoms with Crippen LogP contribution >= 0.6 is 11.8 Å². The van der Waals surface area contributed by atoms with Gasteiger partial charge in [-0.1, -0.05) is 31.2 Å². The SMILES string of the molecule is CC1C=C(/C=C/C(=O)n2ccc3ccccc32)SC1. The highest BCUT2D eigenvalue weighted by Crippen LogP contribution is 2.29. The Morgan fingerprint density at radius 3 is 3.00 bits per heavy atom. The van der Waals surface area contributed by atoms with Crippen LogP contribution in [0.2, 0.25) is 0 Å². The number of benzene rings is 1. The maximum Gasteiger partial charge on any atom is 0.255 e. The fraction of sp³-hybridized carbons (Fsp3) is 0.188. The van der Waals surface area contributed by atoms with E-state index in [9.17, 15) is 4.79 Å². The standard InChI is InChI=1S/C16H15NOS/c1-12-10-14(19-11-12)6-7-16(18)17-9-8-13-4-2-3-5-15(13)17/h2-10,12H,11H2,1H3/b7-6+. The molecule has 1 atom stereocenters. The van der Waals surface area contributed by atoms with Gasteiger partial charge in [-0.25, -0.2) is 0 Å². The summed E-state index contributed by atoms with van der Waals surface area (Å²) in [6.45, 7) is 2.19. The second-order valence-electron chi connectivity index (χ2n) is 4.77. The fourth-order valence-electron chi connectivity index (χ4n) is 2.22. The van der Waals surface area contributed by atoms with Crippen LogP contribution in [0.25, 0.3) is 10.9 Å². The molecule has 0 aliphatic carbocycles. The fourth-order valence-corrected chi connectivity index (χ4v) is 3.26. The summed E-state index contributed by atoms with van der Waals surface area (Å²) in [5, 5.41) is 1.09. The summed E-state index contributed by atoms with van der Waals surface area (Å²) in [4.78, 5) is 13.4. The van der Waals surface area contributed by atoms with Crippen LogP contribution in [0.1, 0.15) is 11.7 Å². The second-order valence-corrected chi connectivity index (χ2v) is 5.87. The summed E-state index contributed by atoms with van der Waals surface area (Å²) >= 11 is 1.81. The minimum absolute atomic E-state index is 0.00209. The molecular weight excluding hydrogens is 254 g/mol. The van der Waals surface area contributed by atoms with Crippen molar-refractivity contribution in [1.82, 2.24) is 4.57 Å². The molecule has 96 valence electrons. The van der Waals surface area contributed by atoms with Crippen molar-refractivity contribution < 1.29 is 4.79 Å². The lowest BCUT2D eigenvalue weighted by Gasteiger charge is -1.99. The number of nitrogens with zero attached hydrogens (tertiary/aromatic N) is 1. The lowest BCUT2D eigenvalue weighted by atomic mass is 10.2. The molecule has 2 nitrogen and oxygen atoms in total. The van der Waals surface area contributed by atoms with Crippen LogP contribution in [-0.2, 0) is 0 Å². The third-order valence-corrected chi connectivity index (χ3v) is 4.49. The molecule has 3 heteroatoms. The van der Waals surface area contributed by atoms with Gasteiger partial charge < -0.3 is 0 Å². The van der Waals surface area contributed by atoms with E-state index in [2.05, 4.69) is 13.0 Å². The number of para-hydroxylation sites is 1. The highest BCUT2D eigenvalue weighted by Gasteiger charge is 2.10. The minimum Gasteiger partial charge on any atom is -0.284 e. The molecule has 0 bridgehead atoms. The summed E-state index contributed by atoms with van der Waals surface area (Å²) in [7, 11) is 0. The van der Waals surface area contributed by atoms with Crippen molar-refractivity contribution in [2.24, 2.45) is 5.92 Å². The Balaban J connectivity index is 1.84. The van der Waals surface area contributed by atoms with Gasteiger partial charge in [0.25, 0.3) is 5.91 Å². The molecule has 19 heavy (non-hydrogen) atoms. The van der Waals surface area contributed by atoms with Gasteiger partial charge in [-0.3, -0.25) is 9.36 Å². The van der Waals surface area contributed by atoms with E-state index in [1.54, 1.807) is 22.4 Å². The van der Waals surface area contributed by atoms with Crippen molar-refractivity contribution in [1.29, 1.82) is 0 Å². The van der Waals surface area contributed by atoms with Crippen molar-refractivity contribution in [3.05, 3.63) is 59.7 Å². The summed E-state index contributed by atoms with van der Waals surface area (Å²) in [6.07, 6.45) is 7.62. The minimum atomic E-state index is 0.00209. The van der Waals surface area contributed by atoms with E-state index in [4.69, 9.17) is 0 Å². The molecule has 0 radical (unpaired) electrons. The molecule has 1 aliphatic heterocycles. The maximum absolute atomic E-state index is 12.2. The van der Waals surface area contributed by atoms with Crippen LogP contribution < -0.4 is 0 Å². The van der Waals surface area contributed by atoms with Gasteiger partial charge in [-0.05, 0) is 24.1 Å². The number of aromatic nitrogens is 1. The van der Waals surface area contributed by atoms with Crippen LogP contribution in [-0.4, -0.2) is 16.2 Å². The third-order valence-electron chi connectivity index (χ3n) is 3.19. The molecule has 0 amide bonds. The Morgan fingerprint density at radius 1 is 1.37 bits per heavy atom. The largest absolute Gasteiger partial charge is 0.284 e. The molecular formula is C16H15NOS. The molecule has 2 heterocycles. The Bertz CT molecular complexity index is 681. The first-order chi connectivity index (χ1) is 9.24. The van der Waals surface area contributed by atoms with Gasteiger partial charge >= 0.3 is 0 Å². The van der Waals surface area contributed by atoms with Crippen molar-refractivity contribution in [3.8, 4) is 0 Å². The highest BCUT2D eigenvalue weighted by molar-refractivity contribution is 8.03. The zero-order chi connectivity index (χ0) is 13.2. The van der Waals surface area contributed by atoms with Crippen LogP contribution in [0.3, 0.4) is 0 Å². The molecule has 1 aromatic carbocycles. The predicted molar refractivity (Wildman–Crippen MR) is 81.4 cm³/mol. The summed E-state index contributed by atoms with van der Waals surface area (Å²) < 4.78 is 1.69. The van der Waals surface area contributed by atoms with Gasteiger partial charge in [-0.15, -0.1) is 11.8 Å². The number of carbonyl (C=O) groups excluding carboxylic acids is 1. The first-order valence-electron chi connectivity index (χ1n) is 6.37. The van der Waals surface area contributed by atoms with E-state index in [1.165, 1.54) is 4.91 Å². The Morgan fingerprint density at radius 2 is 2.21 bits per heavy atom. The maximum atomic E-state index is 12.2. The number of hydrogen-bond donors (Lipinski definition) is 0. The molecule has 0 spiro atoms. The Hall–Kier alpha value is -1.74. The normalized spacial score (nSPS) is 19.2. The van der Waals surface area contributed by atoms with E-state index in [0.29, 0.717) is 5.92 Å². The van der Waals surface area contributed by atoms with Gasteiger partial charge in [0.05, 0.1) is 5.52 Å². The van der Waals surface area contributed by atoms with E-state index in [-0.39, 0.29) is 5.91 Å². The quantitative estimate of drug-likeness (QED) is 0.766. The zero-order valence-corrected chi connectivity index (χ0v) is 11.6. The van der Waals surface area contributed by atoms with Crippen molar-refractivity contribution in [2.45, 2.75) is 6.92 Å². The highest BCUT2D eigenvalue weighted by atomic mass is 32.2. The Kier molecular flexibility index (Phi) is 3.30. The van der Waals surface area contributed by atoms with E-state index < -0.39 is 0 Å². The number of fused-ring (bicyclic) bond motifs is 1. The predicted octanol–water partition coefficient (Wildman–Crippen LogP) is 4.10. The molecule has 1 aromatic heterocycles. The van der Waals surface area contributed by atoms with E-state index in [1.807, 2.05) is 42.6 Å². The molecule has 0 saturated carbocycles. The molecule has 0 fully saturated rings. The summed E-state index contributed by atoms with van der Waals surface area (Å²) in [5.74, 6) is 1.72. The van der Waals surface area contributed by atoms with Gasteiger partial charge in [0, 0.05) is 28.3 Å². The second kappa shape index (κ2) is 5.10. The zero-order valence-electron chi connectivity index (χ0n) is 10.7. The lowest BCUT2D eigenvalue weighted by Crippen LogP contribution is -2.04. The summed E-state index contributed by atoms with van der Waals surface area (Å²) in [6, 6.07) is 9.88. The topological polar surface area (TPSA) is 22.0 Å². The molecule has 2 aromatic rings. The number of hydrogen-bond acceptors (Lipinski definition) is 2. The van der Waals surface area contributed by atoms with E-state index >= 15 is 0 Å². The van der Waals surface area contributed by atoms with Crippen molar-refractivity contribution >= 4 is 28.6 Å². The molecule has 1 unspecified atom stereocenters. The van der Waals surface area contributed by atoms with Crippen LogP contribution in [0, 0.1) is 5.92 Å². The van der Waals surface area contributed by atoms with Gasteiger partial charge in [0.2, 0.25) is 0 Å². The van der Waals surface area contributed by atoms with Crippen LogP contribution in [0.5, 0.6) is 0 Å². The van der Waals surface area contributed by atoms with Gasteiger partial charge in [-0.2, -0.15) is 0 Å². The molecule has 0 N–H and O–H groups in total. The smallest absolute Gasteiger partial charge is 0.255 e. The summed E-state index contributed by atoms with van der Waals surface area (Å²) in [5.41, 5.74) is 0.957.